The molecule has 6 nitrogen and oxygen atoms in total. The van der Waals surface area contributed by atoms with Crippen LogP contribution in [0.15, 0.2) is 59.0 Å². The quantitative estimate of drug-likeness (QED) is 0.298. The molecule has 1 amide bonds. The summed E-state index contributed by atoms with van der Waals surface area (Å²) < 4.78 is 13.7. The summed E-state index contributed by atoms with van der Waals surface area (Å²) in [6.45, 7) is 10.7. The number of nitrogens with zero attached hydrogens (tertiary/aromatic N) is 2. The van der Waals surface area contributed by atoms with Gasteiger partial charge in [-0.15, -0.1) is 0 Å². The van der Waals surface area contributed by atoms with Gasteiger partial charge in [0.25, 0.3) is 5.91 Å². The van der Waals surface area contributed by atoms with Gasteiger partial charge >= 0.3 is 0 Å². The predicted molar refractivity (Wildman–Crippen MR) is 138 cm³/mol. The highest BCUT2D eigenvalue weighted by molar-refractivity contribution is 6.31. The molecule has 1 N–H and O–H groups in total. The van der Waals surface area contributed by atoms with E-state index in [1.807, 2.05) is 67.9 Å². The van der Waals surface area contributed by atoms with Gasteiger partial charge < -0.3 is 14.5 Å². The number of furan rings is 1. The number of hydrogen-bond donors (Lipinski definition) is 1. The van der Waals surface area contributed by atoms with E-state index in [0.29, 0.717) is 12.3 Å². The predicted octanol–water partition coefficient (Wildman–Crippen LogP) is 6.68. The number of ether oxygens (including phenoxy) is 1. The lowest BCUT2D eigenvalue weighted by Crippen LogP contribution is -2.23. The zero-order chi connectivity index (χ0) is 25.1. The van der Waals surface area contributed by atoms with E-state index in [-0.39, 0.29) is 24.2 Å². The fourth-order valence-corrected chi connectivity index (χ4v) is 4.15. The molecular weight excluding hydrogens is 462 g/mol. The van der Waals surface area contributed by atoms with Crippen LogP contribution in [-0.4, -0.2) is 15.7 Å². The normalized spacial score (nSPS) is 11.2. The van der Waals surface area contributed by atoms with Crippen molar-refractivity contribution in [2.75, 3.05) is 0 Å². The standard InChI is InChI=1S/C28H30ClN3O3/c1-17(2)23-14-25(29)18(3)13-27(23)34-16-22-11-12-26(35-22)28(33)30-15-24-19(4)31-32(20(24)5)21-9-7-6-8-10-21/h6-14,17H,15-16H2,1-5H3,(H,30,33). The molecule has 0 aliphatic carbocycles. The molecule has 0 unspecified atom stereocenters. The number of halogens is 1. The Morgan fingerprint density at radius 1 is 1.11 bits per heavy atom. The van der Waals surface area contributed by atoms with Crippen molar-refractivity contribution in [3.05, 3.63) is 99.2 Å². The number of para-hydroxylation sites is 1. The van der Waals surface area contributed by atoms with Crippen molar-refractivity contribution in [3.8, 4) is 11.4 Å². The molecule has 4 rings (SSSR count). The van der Waals surface area contributed by atoms with E-state index in [1.54, 1.807) is 12.1 Å². The van der Waals surface area contributed by atoms with Crippen LogP contribution in [0.1, 0.15) is 64.2 Å². The Labute approximate surface area is 210 Å². The number of rotatable bonds is 8. The molecule has 0 saturated carbocycles. The van der Waals surface area contributed by atoms with Gasteiger partial charge in [-0.3, -0.25) is 4.79 Å². The highest BCUT2D eigenvalue weighted by Gasteiger charge is 2.17. The SMILES string of the molecule is Cc1cc(OCc2ccc(C(=O)NCc3c(C)nn(-c4ccccc4)c3C)o2)c(C(C)C)cc1Cl. The third-order valence-electron chi connectivity index (χ3n) is 6.04. The van der Waals surface area contributed by atoms with Crippen LogP contribution in [-0.2, 0) is 13.2 Å². The lowest BCUT2D eigenvalue weighted by molar-refractivity contribution is 0.0919. The van der Waals surface area contributed by atoms with Crippen LogP contribution in [0.4, 0.5) is 0 Å². The molecule has 0 atom stereocenters. The minimum absolute atomic E-state index is 0.218. The monoisotopic (exact) mass is 491 g/mol. The molecule has 35 heavy (non-hydrogen) atoms. The molecular formula is C28H30ClN3O3. The van der Waals surface area contributed by atoms with Crippen molar-refractivity contribution in [2.45, 2.75) is 53.7 Å². The molecule has 4 aromatic rings. The number of nitrogens with one attached hydrogen (secondary N) is 1. The van der Waals surface area contributed by atoms with Crippen LogP contribution in [0.3, 0.4) is 0 Å². The lowest BCUT2D eigenvalue weighted by atomic mass is 10.0. The molecule has 0 bridgehead atoms. The van der Waals surface area contributed by atoms with E-state index in [2.05, 4.69) is 24.3 Å². The maximum absolute atomic E-state index is 12.7. The highest BCUT2D eigenvalue weighted by atomic mass is 35.5. The largest absolute Gasteiger partial charge is 0.485 e. The number of carbonyl (C=O) groups is 1. The Morgan fingerprint density at radius 3 is 2.57 bits per heavy atom. The maximum Gasteiger partial charge on any atom is 0.287 e. The molecule has 182 valence electrons. The first kappa shape index (κ1) is 24.6. The second kappa shape index (κ2) is 10.4. The molecule has 0 aliphatic rings. The minimum atomic E-state index is -0.285. The van der Waals surface area contributed by atoms with Crippen LogP contribution in [0.25, 0.3) is 5.69 Å². The van der Waals surface area contributed by atoms with Gasteiger partial charge in [-0.2, -0.15) is 5.10 Å². The molecule has 0 saturated heterocycles. The van der Waals surface area contributed by atoms with Crippen molar-refractivity contribution in [3.63, 3.8) is 0 Å². The lowest BCUT2D eigenvalue weighted by Gasteiger charge is -2.15. The number of hydrogen-bond acceptors (Lipinski definition) is 4. The molecule has 0 radical (unpaired) electrons. The first-order valence-electron chi connectivity index (χ1n) is 11.6. The van der Waals surface area contributed by atoms with Crippen molar-refractivity contribution >= 4 is 17.5 Å². The van der Waals surface area contributed by atoms with E-state index in [9.17, 15) is 4.79 Å². The molecule has 0 aliphatic heterocycles. The Hall–Kier alpha value is -3.51. The fraction of sp³-hybridized carbons (Fsp3) is 0.286. The van der Waals surface area contributed by atoms with E-state index >= 15 is 0 Å². The minimum Gasteiger partial charge on any atom is -0.485 e. The second-order valence-corrected chi connectivity index (χ2v) is 9.34. The van der Waals surface area contributed by atoms with Crippen LogP contribution in [0, 0.1) is 20.8 Å². The Balaban J connectivity index is 1.40. The number of aryl methyl sites for hydroxylation is 2. The van der Waals surface area contributed by atoms with Gasteiger partial charge in [0.15, 0.2) is 5.76 Å². The molecule has 2 aromatic heterocycles. The molecule has 2 aromatic carbocycles. The van der Waals surface area contributed by atoms with E-state index in [1.165, 1.54) is 0 Å². The van der Waals surface area contributed by atoms with Gasteiger partial charge in [-0.05, 0) is 74.2 Å². The fourth-order valence-electron chi connectivity index (χ4n) is 3.98. The maximum atomic E-state index is 12.7. The van der Waals surface area contributed by atoms with E-state index in [0.717, 1.165) is 44.5 Å². The summed E-state index contributed by atoms with van der Waals surface area (Å²) in [5.74, 6) is 1.56. The molecule has 0 fully saturated rings. The zero-order valence-corrected chi connectivity index (χ0v) is 21.4. The summed E-state index contributed by atoms with van der Waals surface area (Å²) in [6.07, 6.45) is 0. The average molecular weight is 492 g/mol. The summed E-state index contributed by atoms with van der Waals surface area (Å²) in [7, 11) is 0. The van der Waals surface area contributed by atoms with Gasteiger partial charge in [0.1, 0.15) is 18.1 Å². The number of benzene rings is 2. The highest BCUT2D eigenvalue weighted by Crippen LogP contribution is 2.32. The van der Waals surface area contributed by atoms with Crippen molar-refractivity contribution < 1.29 is 13.9 Å². The Morgan fingerprint density at radius 2 is 1.86 bits per heavy atom. The van der Waals surface area contributed by atoms with Gasteiger partial charge in [0.2, 0.25) is 0 Å². The third-order valence-corrected chi connectivity index (χ3v) is 6.44. The van der Waals surface area contributed by atoms with Crippen molar-refractivity contribution in [1.82, 2.24) is 15.1 Å². The second-order valence-electron chi connectivity index (χ2n) is 8.93. The number of aromatic nitrogens is 2. The molecule has 7 heteroatoms. The summed E-state index contributed by atoms with van der Waals surface area (Å²) in [5, 5.41) is 8.30. The van der Waals surface area contributed by atoms with Crippen LogP contribution in [0.2, 0.25) is 5.02 Å². The van der Waals surface area contributed by atoms with Crippen LogP contribution < -0.4 is 10.1 Å². The van der Waals surface area contributed by atoms with Gasteiger partial charge in [0.05, 0.1) is 11.4 Å². The smallest absolute Gasteiger partial charge is 0.287 e. The summed E-state index contributed by atoms with van der Waals surface area (Å²) in [6, 6.07) is 17.2. The van der Waals surface area contributed by atoms with E-state index in [4.69, 9.17) is 20.8 Å². The Kier molecular flexibility index (Phi) is 7.31. The number of amides is 1. The van der Waals surface area contributed by atoms with E-state index < -0.39 is 0 Å². The first-order chi connectivity index (χ1) is 16.7. The van der Waals surface area contributed by atoms with Crippen LogP contribution in [0.5, 0.6) is 5.75 Å². The van der Waals surface area contributed by atoms with Crippen molar-refractivity contribution in [2.24, 2.45) is 0 Å². The van der Waals surface area contributed by atoms with Gasteiger partial charge in [-0.25, -0.2) is 4.68 Å². The number of carbonyl (C=O) groups excluding carboxylic acids is 1. The zero-order valence-electron chi connectivity index (χ0n) is 20.7. The summed E-state index contributed by atoms with van der Waals surface area (Å²) in [5.41, 5.74) is 5.81. The van der Waals surface area contributed by atoms with Gasteiger partial charge in [-0.1, -0.05) is 43.6 Å². The van der Waals surface area contributed by atoms with Crippen molar-refractivity contribution in [1.29, 1.82) is 0 Å². The average Bonchev–Trinajstić information content (AvgIpc) is 3.43. The van der Waals surface area contributed by atoms with Gasteiger partial charge in [0, 0.05) is 22.8 Å². The molecule has 2 heterocycles. The first-order valence-corrected chi connectivity index (χ1v) is 12.0. The third kappa shape index (κ3) is 5.43. The topological polar surface area (TPSA) is 69.3 Å². The summed E-state index contributed by atoms with van der Waals surface area (Å²) >= 11 is 6.29. The Bertz CT molecular complexity index is 1340. The summed E-state index contributed by atoms with van der Waals surface area (Å²) in [4.78, 5) is 12.7. The molecule has 0 spiro atoms. The van der Waals surface area contributed by atoms with Crippen LogP contribution >= 0.6 is 11.6 Å².